The summed E-state index contributed by atoms with van der Waals surface area (Å²) in [5.74, 6) is -0.240. The molecule has 1 unspecified atom stereocenters. The topological polar surface area (TPSA) is 43.8 Å². The maximum atomic E-state index is 12.8. The van der Waals surface area contributed by atoms with Gasteiger partial charge in [0.2, 0.25) is 0 Å². The first-order valence-corrected chi connectivity index (χ1v) is 5.57. The number of nitrogens with two attached hydrogens (primary N) is 1. The van der Waals surface area contributed by atoms with Gasteiger partial charge in [-0.15, -0.1) is 0 Å². The van der Waals surface area contributed by atoms with Crippen molar-refractivity contribution in [2.75, 3.05) is 0 Å². The number of aryl methyl sites for hydroxylation is 1. The van der Waals surface area contributed by atoms with Gasteiger partial charge in [0.1, 0.15) is 5.82 Å². The van der Waals surface area contributed by atoms with Crippen LogP contribution in [0.5, 0.6) is 0 Å². The average Bonchev–Trinajstić information content (AvgIpc) is 2.62. The SMILES string of the molecule is Cc1ncn(CC(N)c2ccc(F)cc2)c1C. The lowest BCUT2D eigenvalue weighted by Crippen LogP contribution is -2.18. The molecule has 0 bridgehead atoms. The van der Waals surface area contributed by atoms with Crippen molar-refractivity contribution in [2.24, 2.45) is 5.73 Å². The van der Waals surface area contributed by atoms with Crippen LogP contribution in [-0.4, -0.2) is 9.55 Å². The highest BCUT2D eigenvalue weighted by molar-refractivity contribution is 5.20. The highest BCUT2D eigenvalue weighted by atomic mass is 19.1. The minimum absolute atomic E-state index is 0.150. The van der Waals surface area contributed by atoms with E-state index in [9.17, 15) is 4.39 Å². The molecule has 0 saturated carbocycles. The molecule has 1 heterocycles. The number of imidazole rings is 1. The quantitative estimate of drug-likeness (QED) is 0.884. The summed E-state index contributed by atoms with van der Waals surface area (Å²) in [4.78, 5) is 4.22. The number of aromatic nitrogens is 2. The Morgan fingerprint density at radius 1 is 1.29 bits per heavy atom. The number of rotatable bonds is 3. The molecule has 17 heavy (non-hydrogen) atoms. The summed E-state index contributed by atoms with van der Waals surface area (Å²) in [5.41, 5.74) is 9.14. The first kappa shape index (κ1) is 11.8. The maximum Gasteiger partial charge on any atom is 0.123 e. The first-order chi connectivity index (χ1) is 8.08. The third kappa shape index (κ3) is 2.53. The summed E-state index contributed by atoms with van der Waals surface area (Å²) < 4.78 is 14.8. The lowest BCUT2D eigenvalue weighted by molar-refractivity contribution is 0.564. The fraction of sp³-hybridized carbons (Fsp3) is 0.308. The van der Waals surface area contributed by atoms with Crippen LogP contribution in [-0.2, 0) is 6.54 Å². The van der Waals surface area contributed by atoms with Crippen molar-refractivity contribution in [2.45, 2.75) is 26.4 Å². The van der Waals surface area contributed by atoms with Crippen LogP contribution in [0.1, 0.15) is 23.0 Å². The predicted octanol–water partition coefficient (Wildman–Crippen LogP) is 2.34. The van der Waals surface area contributed by atoms with Crippen molar-refractivity contribution in [3.8, 4) is 0 Å². The van der Waals surface area contributed by atoms with E-state index >= 15 is 0 Å². The van der Waals surface area contributed by atoms with Crippen LogP contribution in [0.15, 0.2) is 30.6 Å². The van der Waals surface area contributed by atoms with Crippen LogP contribution < -0.4 is 5.73 Å². The molecule has 0 aliphatic carbocycles. The second-order valence-electron chi connectivity index (χ2n) is 4.23. The van der Waals surface area contributed by atoms with E-state index in [1.54, 1.807) is 18.5 Å². The average molecular weight is 233 g/mol. The van der Waals surface area contributed by atoms with E-state index in [1.807, 2.05) is 18.4 Å². The number of nitrogens with zero attached hydrogens (tertiary/aromatic N) is 2. The van der Waals surface area contributed by atoms with Gasteiger partial charge in [0.15, 0.2) is 0 Å². The van der Waals surface area contributed by atoms with E-state index in [2.05, 4.69) is 4.98 Å². The molecule has 0 saturated heterocycles. The minimum Gasteiger partial charge on any atom is -0.333 e. The van der Waals surface area contributed by atoms with Gasteiger partial charge in [-0.25, -0.2) is 9.37 Å². The molecule has 4 heteroatoms. The molecule has 0 fully saturated rings. The normalized spacial score (nSPS) is 12.7. The second-order valence-corrected chi connectivity index (χ2v) is 4.23. The number of hydrogen-bond donors (Lipinski definition) is 1. The predicted molar refractivity (Wildman–Crippen MR) is 65.0 cm³/mol. The molecular weight excluding hydrogens is 217 g/mol. The Labute approximate surface area is 100 Å². The third-order valence-corrected chi connectivity index (χ3v) is 3.04. The van der Waals surface area contributed by atoms with Crippen LogP contribution in [0.2, 0.25) is 0 Å². The number of benzene rings is 1. The van der Waals surface area contributed by atoms with Crippen LogP contribution in [0.4, 0.5) is 4.39 Å². The summed E-state index contributed by atoms with van der Waals surface area (Å²) in [6.45, 7) is 4.63. The van der Waals surface area contributed by atoms with Crippen LogP contribution in [0.25, 0.3) is 0 Å². The van der Waals surface area contributed by atoms with Crippen molar-refractivity contribution in [3.63, 3.8) is 0 Å². The molecule has 0 aliphatic heterocycles. The van der Waals surface area contributed by atoms with Gasteiger partial charge in [0.05, 0.1) is 12.0 Å². The van der Waals surface area contributed by atoms with Crippen LogP contribution >= 0.6 is 0 Å². The molecule has 2 N–H and O–H groups in total. The Bertz CT molecular complexity index is 502. The Kier molecular flexibility index (Phi) is 3.24. The van der Waals surface area contributed by atoms with Gasteiger partial charge >= 0.3 is 0 Å². The zero-order valence-electron chi connectivity index (χ0n) is 10.0. The molecule has 0 radical (unpaired) electrons. The second kappa shape index (κ2) is 4.67. The summed E-state index contributed by atoms with van der Waals surface area (Å²) in [7, 11) is 0. The summed E-state index contributed by atoms with van der Waals surface area (Å²) >= 11 is 0. The Hall–Kier alpha value is -1.68. The molecule has 90 valence electrons. The molecule has 0 spiro atoms. The fourth-order valence-corrected chi connectivity index (χ4v) is 1.76. The van der Waals surface area contributed by atoms with Gasteiger partial charge in [-0.3, -0.25) is 0 Å². The third-order valence-electron chi connectivity index (χ3n) is 3.04. The van der Waals surface area contributed by atoms with Gasteiger partial charge < -0.3 is 10.3 Å². The summed E-state index contributed by atoms with van der Waals surface area (Å²) in [6.07, 6.45) is 1.79. The highest BCUT2D eigenvalue weighted by Crippen LogP contribution is 2.15. The molecule has 3 nitrogen and oxygen atoms in total. The molecule has 0 aliphatic rings. The largest absolute Gasteiger partial charge is 0.333 e. The number of hydrogen-bond acceptors (Lipinski definition) is 2. The molecule has 1 atom stereocenters. The van der Waals surface area contributed by atoms with Crippen molar-refractivity contribution >= 4 is 0 Å². The van der Waals surface area contributed by atoms with Gasteiger partial charge in [-0.1, -0.05) is 12.1 Å². The lowest BCUT2D eigenvalue weighted by Gasteiger charge is -2.14. The maximum absolute atomic E-state index is 12.8. The monoisotopic (exact) mass is 233 g/mol. The smallest absolute Gasteiger partial charge is 0.123 e. The van der Waals surface area contributed by atoms with Gasteiger partial charge in [-0.2, -0.15) is 0 Å². The van der Waals surface area contributed by atoms with Gasteiger partial charge in [0, 0.05) is 18.3 Å². The summed E-state index contributed by atoms with van der Waals surface area (Å²) in [6, 6.07) is 6.16. The van der Waals surface area contributed by atoms with E-state index in [-0.39, 0.29) is 11.9 Å². The van der Waals surface area contributed by atoms with Gasteiger partial charge in [-0.05, 0) is 31.5 Å². The van der Waals surface area contributed by atoms with E-state index in [0.717, 1.165) is 17.0 Å². The molecule has 1 aromatic carbocycles. The molecule has 0 amide bonds. The van der Waals surface area contributed by atoms with Crippen LogP contribution in [0, 0.1) is 19.7 Å². The van der Waals surface area contributed by atoms with E-state index in [1.165, 1.54) is 12.1 Å². The highest BCUT2D eigenvalue weighted by Gasteiger charge is 2.09. The molecule has 1 aromatic heterocycles. The van der Waals surface area contributed by atoms with Crippen molar-refractivity contribution in [1.82, 2.24) is 9.55 Å². The lowest BCUT2D eigenvalue weighted by atomic mass is 10.1. The Balaban J connectivity index is 2.14. The summed E-state index contributed by atoms with van der Waals surface area (Å²) in [5, 5.41) is 0. The standard InChI is InChI=1S/C13H16FN3/c1-9-10(2)17(8-16-9)7-13(15)11-3-5-12(14)6-4-11/h3-6,8,13H,7,15H2,1-2H3. The van der Waals surface area contributed by atoms with Crippen molar-refractivity contribution in [1.29, 1.82) is 0 Å². The van der Waals surface area contributed by atoms with Crippen LogP contribution in [0.3, 0.4) is 0 Å². The van der Waals surface area contributed by atoms with E-state index in [4.69, 9.17) is 5.73 Å². The van der Waals surface area contributed by atoms with E-state index in [0.29, 0.717) is 6.54 Å². The van der Waals surface area contributed by atoms with Crippen molar-refractivity contribution < 1.29 is 4.39 Å². The molecule has 2 rings (SSSR count). The van der Waals surface area contributed by atoms with Crippen molar-refractivity contribution in [3.05, 3.63) is 53.4 Å². The first-order valence-electron chi connectivity index (χ1n) is 5.57. The molecule has 2 aromatic rings. The Morgan fingerprint density at radius 3 is 2.47 bits per heavy atom. The Morgan fingerprint density at radius 2 is 1.94 bits per heavy atom. The number of halogens is 1. The van der Waals surface area contributed by atoms with E-state index < -0.39 is 0 Å². The zero-order chi connectivity index (χ0) is 12.4. The fourth-order valence-electron chi connectivity index (χ4n) is 1.76. The molecular formula is C13H16FN3. The van der Waals surface area contributed by atoms with Gasteiger partial charge in [0.25, 0.3) is 0 Å². The zero-order valence-corrected chi connectivity index (χ0v) is 10.0. The minimum atomic E-state index is -0.240.